The lowest BCUT2D eigenvalue weighted by Gasteiger charge is -2.20. The van der Waals surface area contributed by atoms with Gasteiger partial charge in [-0.25, -0.2) is 4.79 Å². The number of fused-ring (bicyclic) bond motifs is 3. The van der Waals surface area contributed by atoms with Crippen LogP contribution < -0.4 is 10.6 Å². The van der Waals surface area contributed by atoms with E-state index >= 15 is 0 Å². The van der Waals surface area contributed by atoms with E-state index in [1.807, 2.05) is 36.4 Å². The molecule has 2 aromatic rings. The molecule has 0 saturated carbocycles. The summed E-state index contributed by atoms with van der Waals surface area (Å²) < 4.78 is 10.6. The van der Waals surface area contributed by atoms with Crippen LogP contribution in [0.4, 0.5) is 4.79 Å². The Labute approximate surface area is 179 Å². The van der Waals surface area contributed by atoms with E-state index < -0.39 is 36.0 Å². The fraction of sp³-hybridized carbons (Fsp3) is 0.348. The van der Waals surface area contributed by atoms with E-state index in [-0.39, 0.29) is 25.7 Å². The van der Waals surface area contributed by atoms with Gasteiger partial charge in [0.1, 0.15) is 18.6 Å². The number of hydrogen-bond donors (Lipinski definition) is 3. The van der Waals surface area contributed by atoms with Crippen LogP contribution in [0, 0.1) is 5.92 Å². The van der Waals surface area contributed by atoms with Crippen molar-refractivity contribution in [2.24, 2.45) is 5.92 Å². The average Bonchev–Trinajstić information content (AvgIpc) is 3.35. The largest absolute Gasteiger partial charge is 0.481 e. The van der Waals surface area contributed by atoms with Gasteiger partial charge in [-0.05, 0) is 29.2 Å². The third kappa shape index (κ3) is 4.25. The van der Waals surface area contributed by atoms with Gasteiger partial charge in [0.15, 0.2) is 0 Å². The van der Waals surface area contributed by atoms with Gasteiger partial charge in [0.05, 0.1) is 19.3 Å². The van der Waals surface area contributed by atoms with Crippen molar-refractivity contribution in [2.75, 3.05) is 19.8 Å². The summed E-state index contributed by atoms with van der Waals surface area (Å²) in [5, 5.41) is 14.3. The summed E-state index contributed by atoms with van der Waals surface area (Å²) in [7, 11) is 0. The lowest BCUT2D eigenvalue weighted by Crippen LogP contribution is -2.51. The first kappa shape index (κ1) is 20.9. The van der Waals surface area contributed by atoms with Crippen LogP contribution in [0.15, 0.2) is 48.5 Å². The van der Waals surface area contributed by atoms with Crippen LogP contribution in [-0.2, 0) is 19.1 Å². The van der Waals surface area contributed by atoms with Gasteiger partial charge in [-0.3, -0.25) is 9.59 Å². The van der Waals surface area contributed by atoms with Crippen molar-refractivity contribution in [1.82, 2.24) is 10.6 Å². The number of benzene rings is 2. The molecule has 2 aliphatic rings. The number of ether oxygens (including phenoxy) is 2. The molecule has 4 rings (SSSR count). The molecule has 0 spiro atoms. The highest BCUT2D eigenvalue weighted by Gasteiger charge is 2.36. The maximum atomic E-state index is 12.4. The minimum absolute atomic E-state index is 0.0501. The number of carbonyl (C=O) groups is 3. The summed E-state index contributed by atoms with van der Waals surface area (Å²) >= 11 is 0. The van der Waals surface area contributed by atoms with E-state index in [0.717, 1.165) is 22.3 Å². The number of carboxylic acid groups (broad SMARTS) is 1. The number of alkyl carbamates (subject to hydrolysis) is 1. The molecule has 2 unspecified atom stereocenters. The molecule has 8 heteroatoms. The first-order chi connectivity index (χ1) is 15.0. The molecule has 2 aromatic carbocycles. The van der Waals surface area contributed by atoms with E-state index in [1.54, 1.807) is 0 Å². The number of carbonyl (C=O) groups excluding carboxylic acids is 2. The van der Waals surface area contributed by atoms with Crippen molar-refractivity contribution in [3.63, 3.8) is 0 Å². The van der Waals surface area contributed by atoms with Crippen LogP contribution in [0.5, 0.6) is 0 Å². The van der Waals surface area contributed by atoms with Gasteiger partial charge in [-0.2, -0.15) is 0 Å². The molecule has 1 heterocycles. The molecule has 162 valence electrons. The Morgan fingerprint density at radius 1 is 1.06 bits per heavy atom. The summed E-state index contributed by atoms with van der Waals surface area (Å²) in [4.78, 5) is 35.9. The molecular weight excluding hydrogens is 400 g/mol. The molecule has 1 fully saturated rings. The molecule has 0 aromatic heterocycles. The lowest BCUT2D eigenvalue weighted by molar-refractivity contribution is -0.142. The number of rotatable bonds is 6. The third-order valence-electron chi connectivity index (χ3n) is 5.80. The zero-order chi connectivity index (χ0) is 22.0. The molecule has 3 N–H and O–H groups in total. The lowest BCUT2D eigenvalue weighted by atomic mass is 9.98. The standard InChI is InChI=1S/C23H24N2O6/c1-13(21(26)25-20-12-30-10-19(20)22(27)28)24-23(29)31-11-18-16-8-4-2-6-14(16)15-7-3-5-9-17(15)18/h2-9,13,18-20H,10-12H2,1H3,(H,24,29)(H,25,26)(H,27,28)/t13-,19?,20?/m0/s1. The number of hydrogen-bond acceptors (Lipinski definition) is 5. The number of amides is 2. The van der Waals surface area contributed by atoms with E-state index in [2.05, 4.69) is 22.8 Å². The first-order valence-corrected chi connectivity index (χ1v) is 10.2. The zero-order valence-electron chi connectivity index (χ0n) is 17.0. The van der Waals surface area contributed by atoms with Crippen LogP contribution in [0.2, 0.25) is 0 Å². The molecular formula is C23H24N2O6. The predicted octanol–water partition coefficient (Wildman–Crippen LogP) is 2.13. The third-order valence-corrected chi connectivity index (χ3v) is 5.80. The second-order valence-corrected chi connectivity index (χ2v) is 7.79. The maximum Gasteiger partial charge on any atom is 0.407 e. The normalized spacial score (nSPS) is 20.4. The van der Waals surface area contributed by atoms with Crippen LogP contribution in [0.1, 0.15) is 24.0 Å². The van der Waals surface area contributed by atoms with Gasteiger partial charge in [-0.1, -0.05) is 48.5 Å². The molecule has 8 nitrogen and oxygen atoms in total. The smallest absolute Gasteiger partial charge is 0.407 e. The maximum absolute atomic E-state index is 12.4. The van der Waals surface area contributed by atoms with Crippen molar-refractivity contribution in [3.05, 3.63) is 59.7 Å². The van der Waals surface area contributed by atoms with Gasteiger partial charge >= 0.3 is 12.1 Å². The molecule has 3 atom stereocenters. The molecule has 0 radical (unpaired) electrons. The molecule has 0 bridgehead atoms. The van der Waals surface area contributed by atoms with Gasteiger partial charge in [0.25, 0.3) is 0 Å². The number of nitrogens with one attached hydrogen (secondary N) is 2. The fourth-order valence-corrected chi connectivity index (χ4v) is 4.13. The molecule has 1 aliphatic heterocycles. The minimum Gasteiger partial charge on any atom is -0.481 e. The van der Waals surface area contributed by atoms with Crippen molar-refractivity contribution in [3.8, 4) is 11.1 Å². The van der Waals surface area contributed by atoms with Crippen LogP contribution in [0.3, 0.4) is 0 Å². The second-order valence-electron chi connectivity index (χ2n) is 7.79. The number of carboxylic acids is 1. The minimum atomic E-state index is -1.03. The van der Waals surface area contributed by atoms with Gasteiger partial charge < -0.3 is 25.2 Å². The molecule has 1 saturated heterocycles. The van der Waals surface area contributed by atoms with Crippen LogP contribution in [-0.4, -0.2) is 55.0 Å². The Balaban J connectivity index is 1.33. The van der Waals surface area contributed by atoms with E-state index in [0.29, 0.717) is 0 Å². The summed E-state index contributed by atoms with van der Waals surface area (Å²) in [6.45, 7) is 1.84. The van der Waals surface area contributed by atoms with E-state index in [4.69, 9.17) is 9.47 Å². The Morgan fingerprint density at radius 2 is 1.68 bits per heavy atom. The van der Waals surface area contributed by atoms with Gasteiger partial charge in [0, 0.05) is 5.92 Å². The Hall–Kier alpha value is -3.39. The Morgan fingerprint density at radius 3 is 2.29 bits per heavy atom. The van der Waals surface area contributed by atoms with Crippen LogP contribution >= 0.6 is 0 Å². The molecule has 1 aliphatic carbocycles. The van der Waals surface area contributed by atoms with Gasteiger partial charge in [-0.15, -0.1) is 0 Å². The summed E-state index contributed by atoms with van der Waals surface area (Å²) in [5.41, 5.74) is 4.46. The van der Waals surface area contributed by atoms with Crippen molar-refractivity contribution >= 4 is 18.0 Å². The second kappa shape index (κ2) is 8.77. The first-order valence-electron chi connectivity index (χ1n) is 10.2. The Bertz CT molecular complexity index is 962. The predicted molar refractivity (Wildman–Crippen MR) is 112 cm³/mol. The van der Waals surface area contributed by atoms with Crippen molar-refractivity contribution in [1.29, 1.82) is 0 Å². The van der Waals surface area contributed by atoms with E-state index in [9.17, 15) is 19.5 Å². The average molecular weight is 424 g/mol. The fourth-order valence-electron chi connectivity index (χ4n) is 4.13. The summed E-state index contributed by atoms with van der Waals surface area (Å²) in [6.07, 6.45) is -0.707. The van der Waals surface area contributed by atoms with Crippen molar-refractivity contribution in [2.45, 2.75) is 24.9 Å². The van der Waals surface area contributed by atoms with Crippen LogP contribution in [0.25, 0.3) is 11.1 Å². The van der Waals surface area contributed by atoms with E-state index in [1.165, 1.54) is 6.92 Å². The molecule has 31 heavy (non-hydrogen) atoms. The SMILES string of the molecule is C[C@H](NC(=O)OCC1c2ccccc2-c2ccccc21)C(=O)NC1COCC1C(=O)O. The summed E-state index contributed by atoms with van der Waals surface area (Å²) in [5.74, 6) is -2.39. The highest BCUT2D eigenvalue weighted by Crippen LogP contribution is 2.44. The molecule has 2 amide bonds. The Kier molecular flexibility index (Phi) is 5.90. The van der Waals surface area contributed by atoms with Crippen molar-refractivity contribution < 1.29 is 29.0 Å². The van der Waals surface area contributed by atoms with Gasteiger partial charge in [0.2, 0.25) is 5.91 Å². The summed E-state index contributed by atoms with van der Waals surface area (Å²) in [6, 6.07) is 14.5. The topological polar surface area (TPSA) is 114 Å². The highest BCUT2D eigenvalue weighted by molar-refractivity contribution is 5.86. The zero-order valence-corrected chi connectivity index (χ0v) is 17.0. The highest BCUT2D eigenvalue weighted by atomic mass is 16.5. The monoisotopic (exact) mass is 424 g/mol. The quantitative estimate of drug-likeness (QED) is 0.655. The number of aliphatic carboxylic acids is 1.